The summed E-state index contributed by atoms with van der Waals surface area (Å²) in [6, 6.07) is 11.3. The van der Waals surface area contributed by atoms with Crippen molar-refractivity contribution in [3.05, 3.63) is 64.2 Å². The van der Waals surface area contributed by atoms with Crippen LogP contribution in [-0.2, 0) is 16.1 Å². The van der Waals surface area contributed by atoms with Crippen molar-refractivity contribution >= 4 is 23.6 Å². The van der Waals surface area contributed by atoms with Crippen LogP contribution in [0, 0.1) is 6.92 Å². The number of benzene rings is 2. The van der Waals surface area contributed by atoms with Gasteiger partial charge in [-0.1, -0.05) is 41.4 Å². The van der Waals surface area contributed by atoms with Crippen molar-refractivity contribution in [3.8, 4) is 11.5 Å². The van der Waals surface area contributed by atoms with Gasteiger partial charge in [0.25, 0.3) is 0 Å². The molecule has 0 saturated carbocycles. The zero-order valence-corrected chi connectivity index (χ0v) is 15.3. The molecule has 2 aromatic rings. The SMILES string of the molecule is CCOc1cc(/C=C/C(=O)OCc2cccc(C)c2)cc(Cl)c1OC. The van der Waals surface area contributed by atoms with Gasteiger partial charge in [-0.25, -0.2) is 4.79 Å². The van der Waals surface area contributed by atoms with E-state index < -0.39 is 5.97 Å². The smallest absolute Gasteiger partial charge is 0.331 e. The summed E-state index contributed by atoms with van der Waals surface area (Å²) < 4.78 is 16.0. The number of carbonyl (C=O) groups excluding carboxylic acids is 1. The van der Waals surface area contributed by atoms with Crippen LogP contribution in [0.4, 0.5) is 0 Å². The van der Waals surface area contributed by atoms with Gasteiger partial charge in [0.15, 0.2) is 11.5 Å². The third-order valence-corrected chi connectivity index (χ3v) is 3.69. The van der Waals surface area contributed by atoms with Crippen LogP contribution in [0.15, 0.2) is 42.5 Å². The molecule has 2 rings (SSSR count). The lowest BCUT2D eigenvalue weighted by Crippen LogP contribution is -2.01. The van der Waals surface area contributed by atoms with Crippen LogP contribution in [0.25, 0.3) is 6.08 Å². The second-order valence-corrected chi connectivity index (χ2v) is 5.80. The summed E-state index contributed by atoms with van der Waals surface area (Å²) in [6.45, 7) is 4.59. The number of aryl methyl sites for hydroxylation is 1. The topological polar surface area (TPSA) is 44.8 Å². The van der Waals surface area contributed by atoms with Crippen molar-refractivity contribution in [2.75, 3.05) is 13.7 Å². The summed E-state index contributed by atoms with van der Waals surface area (Å²) in [5.74, 6) is 0.583. The maximum atomic E-state index is 11.9. The number of rotatable bonds is 7. The van der Waals surface area contributed by atoms with Crippen LogP contribution in [0.3, 0.4) is 0 Å². The van der Waals surface area contributed by atoms with E-state index in [9.17, 15) is 4.79 Å². The summed E-state index contributed by atoms with van der Waals surface area (Å²) >= 11 is 6.19. The third-order valence-electron chi connectivity index (χ3n) is 3.41. The number of halogens is 1. The molecule has 132 valence electrons. The van der Waals surface area contributed by atoms with Gasteiger partial charge < -0.3 is 14.2 Å². The van der Waals surface area contributed by atoms with E-state index in [2.05, 4.69) is 0 Å². The van der Waals surface area contributed by atoms with Crippen LogP contribution in [0.5, 0.6) is 11.5 Å². The molecule has 0 spiro atoms. The molecule has 0 aliphatic carbocycles. The molecule has 0 heterocycles. The minimum atomic E-state index is -0.425. The van der Waals surface area contributed by atoms with Crippen LogP contribution in [0.1, 0.15) is 23.6 Å². The molecule has 5 heteroatoms. The fraction of sp³-hybridized carbons (Fsp3) is 0.250. The van der Waals surface area contributed by atoms with Crippen molar-refractivity contribution in [1.82, 2.24) is 0 Å². The molecule has 4 nitrogen and oxygen atoms in total. The van der Waals surface area contributed by atoms with Gasteiger partial charge in [-0.15, -0.1) is 0 Å². The summed E-state index contributed by atoms with van der Waals surface area (Å²) in [5.41, 5.74) is 2.80. The lowest BCUT2D eigenvalue weighted by atomic mass is 10.1. The molecular weight excluding hydrogens is 340 g/mol. The zero-order chi connectivity index (χ0) is 18.2. The molecule has 0 radical (unpaired) electrons. The first-order chi connectivity index (χ1) is 12.0. The maximum Gasteiger partial charge on any atom is 0.331 e. The van der Waals surface area contributed by atoms with Crippen LogP contribution in [-0.4, -0.2) is 19.7 Å². The number of carbonyl (C=O) groups is 1. The number of hydrogen-bond donors (Lipinski definition) is 0. The van der Waals surface area contributed by atoms with Crippen molar-refractivity contribution in [2.24, 2.45) is 0 Å². The molecule has 0 saturated heterocycles. The Balaban J connectivity index is 2.04. The molecule has 0 amide bonds. The Bertz CT molecular complexity index is 768. The van der Waals surface area contributed by atoms with E-state index in [1.54, 1.807) is 18.2 Å². The number of ether oxygens (including phenoxy) is 3. The van der Waals surface area contributed by atoms with Gasteiger partial charge in [-0.3, -0.25) is 0 Å². The highest BCUT2D eigenvalue weighted by Crippen LogP contribution is 2.36. The van der Waals surface area contributed by atoms with Gasteiger partial charge in [-0.2, -0.15) is 0 Å². The van der Waals surface area contributed by atoms with Gasteiger partial charge >= 0.3 is 5.97 Å². The minimum absolute atomic E-state index is 0.235. The summed E-state index contributed by atoms with van der Waals surface area (Å²) in [4.78, 5) is 11.9. The molecule has 0 fully saturated rings. The first kappa shape index (κ1) is 18.9. The van der Waals surface area contributed by atoms with E-state index in [4.69, 9.17) is 25.8 Å². The number of esters is 1. The monoisotopic (exact) mass is 360 g/mol. The van der Waals surface area contributed by atoms with E-state index in [0.717, 1.165) is 16.7 Å². The maximum absolute atomic E-state index is 11.9. The lowest BCUT2D eigenvalue weighted by molar-refractivity contribution is -0.138. The summed E-state index contributed by atoms with van der Waals surface area (Å²) in [6.07, 6.45) is 3.00. The molecule has 0 unspecified atom stereocenters. The third kappa shape index (κ3) is 5.54. The minimum Gasteiger partial charge on any atom is -0.491 e. The van der Waals surface area contributed by atoms with Gasteiger partial charge in [0.2, 0.25) is 0 Å². The van der Waals surface area contributed by atoms with E-state index in [-0.39, 0.29) is 6.61 Å². The molecule has 0 bridgehead atoms. The first-order valence-electron chi connectivity index (χ1n) is 7.94. The number of hydrogen-bond acceptors (Lipinski definition) is 4. The molecule has 25 heavy (non-hydrogen) atoms. The number of methoxy groups -OCH3 is 1. The second-order valence-electron chi connectivity index (χ2n) is 5.40. The molecule has 0 aromatic heterocycles. The standard InChI is InChI=1S/C20H21ClO4/c1-4-24-18-12-15(11-17(21)20(18)23-3)8-9-19(22)25-13-16-7-5-6-14(2)10-16/h5-12H,4,13H2,1-3H3/b9-8+. The first-order valence-corrected chi connectivity index (χ1v) is 8.32. The fourth-order valence-electron chi connectivity index (χ4n) is 2.31. The molecule has 0 aliphatic rings. The Morgan fingerprint density at radius 1 is 1.24 bits per heavy atom. The average molecular weight is 361 g/mol. The van der Waals surface area contributed by atoms with Gasteiger partial charge in [-0.05, 0) is 43.2 Å². The van der Waals surface area contributed by atoms with Gasteiger partial charge in [0, 0.05) is 6.08 Å². The normalized spacial score (nSPS) is 10.7. The molecule has 0 atom stereocenters. The molecule has 2 aromatic carbocycles. The van der Waals surface area contributed by atoms with Crippen LogP contribution < -0.4 is 9.47 Å². The Hall–Kier alpha value is -2.46. The zero-order valence-electron chi connectivity index (χ0n) is 14.5. The highest BCUT2D eigenvalue weighted by atomic mass is 35.5. The Morgan fingerprint density at radius 3 is 2.72 bits per heavy atom. The molecule has 0 aliphatic heterocycles. The van der Waals surface area contributed by atoms with Gasteiger partial charge in [0.1, 0.15) is 6.61 Å². The Labute approximate surface area is 153 Å². The molecular formula is C20H21ClO4. The van der Waals surface area contributed by atoms with E-state index in [0.29, 0.717) is 23.1 Å². The fourth-order valence-corrected chi connectivity index (χ4v) is 2.61. The Morgan fingerprint density at radius 2 is 2.04 bits per heavy atom. The quantitative estimate of drug-likeness (QED) is 0.525. The van der Waals surface area contributed by atoms with Crippen molar-refractivity contribution in [1.29, 1.82) is 0 Å². The summed E-state index contributed by atoms with van der Waals surface area (Å²) in [7, 11) is 1.53. The van der Waals surface area contributed by atoms with Crippen LogP contribution in [0.2, 0.25) is 5.02 Å². The van der Waals surface area contributed by atoms with E-state index in [1.807, 2.05) is 38.1 Å². The highest BCUT2D eigenvalue weighted by molar-refractivity contribution is 6.32. The largest absolute Gasteiger partial charge is 0.491 e. The van der Waals surface area contributed by atoms with Crippen molar-refractivity contribution in [2.45, 2.75) is 20.5 Å². The predicted octanol–water partition coefficient (Wildman–Crippen LogP) is 4.81. The van der Waals surface area contributed by atoms with E-state index >= 15 is 0 Å². The molecule has 0 N–H and O–H groups in total. The van der Waals surface area contributed by atoms with E-state index in [1.165, 1.54) is 13.2 Å². The van der Waals surface area contributed by atoms with Crippen molar-refractivity contribution < 1.29 is 19.0 Å². The summed E-state index contributed by atoms with van der Waals surface area (Å²) in [5, 5.41) is 0.418. The van der Waals surface area contributed by atoms with Crippen LogP contribution >= 0.6 is 11.6 Å². The predicted molar refractivity (Wildman–Crippen MR) is 99.2 cm³/mol. The average Bonchev–Trinajstić information content (AvgIpc) is 2.58. The van der Waals surface area contributed by atoms with Gasteiger partial charge in [0.05, 0.1) is 18.7 Å². The lowest BCUT2D eigenvalue weighted by Gasteiger charge is -2.11. The Kier molecular flexibility index (Phi) is 6.90. The second kappa shape index (κ2) is 9.14. The highest BCUT2D eigenvalue weighted by Gasteiger charge is 2.10. The van der Waals surface area contributed by atoms with Crippen molar-refractivity contribution in [3.63, 3.8) is 0 Å².